The number of para-hydroxylation sites is 5. The van der Waals surface area contributed by atoms with Crippen molar-refractivity contribution in [3.63, 3.8) is 0 Å². The zero-order chi connectivity index (χ0) is 47.9. The summed E-state index contributed by atoms with van der Waals surface area (Å²) in [6, 6.07) is 72.9. The first kappa shape index (κ1) is 39.7. The molecular weight excluding hydrogens is 895 g/mol. The Balaban J connectivity index is 0.911. The molecule has 338 valence electrons. The molecule has 0 N–H and O–H groups in total. The first-order chi connectivity index (χ1) is 36.2. The highest BCUT2D eigenvalue weighted by Gasteiger charge is 2.52. The van der Waals surface area contributed by atoms with Crippen LogP contribution in [0.3, 0.4) is 0 Å². The maximum absolute atomic E-state index is 7.80. The fraction of sp³-hybridized carbons (Fsp3) is 0.0154. The summed E-state index contributed by atoms with van der Waals surface area (Å²) in [5.41, 5.74) is 16.1. The lowest BCUT2D eigenvalue weighted by Crippen LogP contribution is -2.32. The molecule has 8 aromatic carbocycles. The van der Waals surface area contributed by atoms with E-state index in [1.807, 2.05) is 48.9 Å². The summed E-state index contributed by atoms with van der Waals surface area (Å²) in [5, 5.41) is 6.79. The lowest BCUT2D eigenvalue weighted by atomic mass is 9.66. The number of nitrogens with zero attached hydrogens (tertiary/aromatic N) is 7. The van der Waals surface area contributed by atoms with Crippen LogP contribution in [0.5, 0.6) is 11.5 Å². The van der Waals surface area contributed by atoms with Crippen molar-refractivity contribution in [3.8, 4) is 51.2 Å². The Bertz CT molecular complexity index is 4710. The normalized spacial score (nSPS) is 14.5. The van der Waals surface area contributed by atoms with E-state index in [1.165, 1.54) is 10.8 Å². The molecule has 0 bridgehead atoms. The molecule has 6 aromatic heterocycles. The van der Waals surface area contributed by atoms with Crippen LogP contribution in [-0.4, -0.2) is 28.7 Å². The third-order valence-electron chi connectivity index (χ3n) is 15.5. The summed E-state index contributed by atoms with van der Waals surface area (Å²) in [5.74, 6) is 2.43. The van der Waals surface area contributed by atoms with E-state index in [2.05, 4.69) is 194 Å². The van der Waals surface area contributed by atoms with Gasteiger partial charge in [0.2, 0.25) is 0 Å². The number of fused-ring (bicyclic) bond motifs is 18. The van der Waals surface area contributed by atoms with Gasteiger partial charge in [-0.2, -0.15) is 0 Å². The van der Waals surface area contributed by atoms with Crippen molar-refractivity contribution >= 4 is 71.1 Å². The largest absolute Gasteiger partial charge is 0.457 e. The van der Waals surface area contributed by atoms with Crippen molar-refractivity contribution in [3.05, 3.63) is 259 Å². The van der Waals surface area contributed by atoms with Crippen LogP contribution in [0, 0.1) is 6.57 Å². The molecule has 8 heteroatoms. The van der Waals surface area contributed by atoms with Gasteiger partial charge in [-0.25, -0.2) is 9.83 Å². The molecule has 16 rings (SSSR count). The van der Waals surface area contributed by atoms with Gasteiger partial charge in [-0.1, -0.05) is 115 Å². The van der Waals surface area contributed by atoms with E-state index in [1.54, 1.807) is 0 Å². The number of ether oxygens (including phenoxy) is 1. The summed E-state index contributed by atoms with van der Waals surface area (Å²) in [6.07, 6.45) is 5.73. The Morgan fingerprint density at radius 1 is 0.397 bits per heavy atom. The van der Waals surface area contributed by atoms with Crippen LogP contribution in [0.15, 0.2) is 225 Å². The molecule has 7 heterocycles. The van der Waals surface area contributed by atoms with Crippen LogP contribution < -0.4 is 4.74 Å². The van der Waals surface area contributed by atoms with E-state index in [4.69, 9.17) is 26.3 Å². The van der Waals surface area contributed by atoms with Gasteiger partial charge in [0.05, 0.1) is 74.0 Å². The Morgan fingerprint density at radius 3 is 1.71 bits per heavy atom. The van der Waals surface area contributed by atoms with Gasteiger partial charge >= 0.3 is 0 Å². The van der Waals surface area contributed by atoms with Gasteiger partial charge in [-0.3, -0.25) is 14.5 Å². The second kappa shape index (κ2) is 14.7. The maximum Gasteiger partial charge on any atom is 0.188 e. The molecule has 1 aliphatic carbocycles. The number of hydrogen-bond donors (Lipinski definition) is 0. The van der Waals surface area contributed by atoms with Crippen LogP contribution in [0.25, 0.3) is 110 Å². The summed E-state index contributed by atoms with van der Waals surface area (Å²) >= 11 is 0. The Kier molecular flexibility index (Phi) is 8.01. The van der Waals surface area contributed by atoms with Gasteiger partial charge in [0, 0.05) is 56.0 Å². The van der Waals surface area contributed by atoms with Crippen molar-refractivity contribution in [2.75, 3.05) is 0 Å². The lowest BCUT2D eigenvalue weighted by Gasteiger charge is -2.39. The van der Waals surface area contributed by atoms with E-state index in [9.17, 15) is 0 Å². The molecule has 0 radical (unpaired) electrons. The van der Waals surface area contributed by atoms with Gasteiger partial charge in [0.25, 0.3) is 0 Å². The molecule has 0 saturated heterocycles. The van der Waals surface area contributed by atoms with Crippen LogP contribution in [0.2, 0.25) is 0 Å². The van der Waals surface area contributed by atoms with E-state index in [-0.39, 0.29) is 0 Å². The fourth-order valence-corrected chi connectivity index (χ4v) is 12.5. The highest BCUT2D eigenvalue weighted by molar-refractivity contribution is 6.13. The molecule has 1 aliphatic heterocycles. The monoisotopic (exact) mass is 931 g/mol. The van der Waals surface area contributed by atoms with Crippen LogP contribution in [0.1, 0.15) is 22.3 Å². The lowest BCUT2D eigenvalue weighted by molar-refractivity contribution is 0.436. The summed E-state index contributed by atoms with van der Waals surface area (Å²) in [4.78, 5) is 19.4. The van der Waals surface area contributed by atoms with Crippen molar-refractivity contribution in [2.24, 2.45) is 0 Å². The molecule has 8 nitrogen and oxygen atoms in total. The van der Waals surface area contributed by atoms with Crippen molar-refractivity contribution < 1.29 is 4.74 Å². The van der Waals surface area contributed by atoms with Crippen molar-refractivity contribution in [2.45, 2.75) is 5.41 Å². The SMILES string of the molecule is [C-]#[N+]c1ccc2c(c1)c1ccccc1n2-c1cnc2c(c1)C1(c3ccccc3Oc3ccc(-c4ccc5c(c4)c4ccccc4n5-c4ncccc4-n4c5ccccc5c5ccccc54)cc31)c1cccnc1-2. The van der Waals surface area contributed by atoms with Crippen molar-refractivity contribution in [1.82, 2.24) is 28.7 Å². The van der Waals surface area contributed by atoms with Crippen LogP contribution >= 0.6 is 0 Å². The second-order valence-electron chi connectivity index (χ2n) is 19.0. The minimum atomic E-state index is -0.833. The molecule has 14 aromatic rings. The topological polar surface area (TPSA) is 67.1 Å². The molecule has 0 amide bonds. The van der Waals surface area contributed by atoms with Crippen LogP contribution in [0.4, 0.5) is 5.69 Å². The minimum Gasteiger partial charge on any atom is -0.457 e. The summed E-state index contributed by atoms with van der Waals surface area (Å²) in [7, 11) is 0. The highest BCUT2D eigenvalue weighted by Crippen LogP contribution is 2.62. The van der Waals surface area contributed by atoms with Crippen molar-refractivity contribution in [1.29, 1.82) is 0 Å². The molecule has 0 saturated carbocycles. The average molecular weight is 932 g/mol. The van der Waals surface area contributed by atoms with E-state index in [0.717, 1.165) is 128 Å². The number of aromatic nitrogens is 6. The van der Waals surface area contributed by atoms with Gasteiger partial charge in [-0.05, 0) is 113 Å². The number of rotatable bonds is 4. The quantitative estimate of drug-likeness (QED) is 0.165. The molecule has 73 heavy (non-hydrogen) atoms. The number of benzene rings is 8. The van der Waals surface area contributed by atoms with Gasteiger partial charge < -0.3 is 13.9 Å². The third kappa shape index (κ3) is 5.29. The smallest absolute Gasteiger partial charge is 0.188 e. The number of pyridine rings is 3. The van der Waals surface area contributed by atoms with E-state index < -0.39 is 5.41 Å². The van der Waals surface area contributed by atoms with Gasteiger partial charge in [0.1, 0.15) is 11.5 Å². The summed E-state index contributed by atoms with van der Waals surface area (Å²) in [6.45, 7) is 7.80. The fourth-order valence-electron chi connectivity index (χ4n) is 12.5. The minimum absolute atomic E-state index is 0.608. The maximum atomic E-state index is 7.80. The predicted molar refractivity (Wildman–Crippen MR) is 292 cm³/mol. The summed E-state index contributed by atoms with van der Waals surface area (Å²) < 4.78 is 13.9. The Morgan fingerprint density at radius 2 is 0.945 bits per heavy atom. The van der Waals surface area contributed by atoms with Gasteiger partial charge in [-0.15, -0.1) is 0 Å². The molecule has 1 spiro atoms. The Hall–Kier alpha value is -10.1. The molecule has 1 unspecified atom stereocenters. The molecule has 1 atom stereocenters. The predicted octanol–water partition coefficient (Wildman–Crippen LogP) is 15.8. The molecular formula is C65H37N7O. The van der Waals surface area contributed by atoms with E-state index in [0.29, 0.717) is 5.69 Å². The number of hydrogen-bond acceptors (Lipinski definition) is 4. The first-order valence-corrected chi connectivity index (χ1v) is 24.4. The van der Waals surface area contributed by atoms with E-state index >= 15 is 0 Å². The molecule has 0 fully saturated rings. The zero-order valence-corrected chi connectivity index (χ0v) is 38.9. The standard InChI is InChI=1S/C65H37N7O/c1-66-41-28-30-57-48(36-41)46-17-4-7-20-53(46)70(57)42-37-52-63(69-38-42)62-50(19-12-32-67-62)65(52)49-18-6-11-25-60(49)73-61-31-27-40(35-51(61)65)39-26-29-58-47(34-39)45-16-5-10-23-56(45)72(58)64-59(24-13-33-68-64)71-54-21-8-2-14-43(54)44-15-3-9-22-55(44)71/h2-38H. The Labute approximate surface area is 417 Å². The first-order valence-electron chi connectivity index (χ1n) is 24.4. The van der Waals surface area contributed by atoms with Crippen LogP contribution in [-0.2, 0) is 5.41 Å². The average Bonchev–Trinajstić information content (AvgIpc) is 4.17. The third-order valence-corrected chi connectivity index (χ3v) is 15.5. The zero-order valence-electron chi connectivity index (χ0n) is 38.9. The highest BCUT2D eigenvalue weighted by atomic mass is 16.5. The molecule has 2 aliphatic rings. The second-order valence-corrected chi connectivity index (χ2v) is 19.0. The van der Waals surface area contributed by atoms with Gasteiger partial charge in [0.15, 0.2) is 11.5 Å².